The smallest absolute Gasteiger partial charge is 0 e. The van der Waals surface area contributed by atoms with Crippen molar-refractivity contribution >= 4 is 6.29 Å². The van der Waals surface area contributed by atoms with Crippen molar-refractivity contribution < 1.29 is 58.6 Å². The Labute approximate surface area is 121 Å². The van der Waals surface area contributed by atoms with E-state index in [-0.39, 0.29) is 53.8 Å². The van der Waals surface area contributed by atoms with Crippen molar-refractivity contribution in [1.29, 1.82) is 0 Å². The topological polar surface area (TPSA) is 17.1 Å². The van der Waals surface area contributed by atoms with Crippen LogP contribution in [0.3, 0.4) is 0 Å². The normalized spacial score (nSPS) is 9.00. The Hall–Kier alpha value is 1.20. The maximum atomic E-state index is 9.73. The van der Waals surface area contributed by atoms with E-state index >= 15 is 0 Å². The van der Waals surface area contributed by atoms with Gasteiger partial charge < -0.3 is 4.79 Å². The predicted molar refractivity (Wildman–Crippen MR) is 48.2 cm³/mol. The van der Waals surface area contributed by atoms with Gasteiger partial charge in [-0.2, -0.15) is 6.08 Å². The van der Waals surface area contributed by atoms with Crippen LogP contribution in [0.5, 0.6) is 0 Å². The van der Waals surface area contributed by atoms with Crippen molar-refractivity contribution in [2.45, 2.75) is 45.4 Å². The Morgan fingerprint density at radius 3 is 2.31 bits per heavy atom. The molecule has 0 N–H and O–H groups in total. The van der Waals surface area contributed by atoms with Gasteiger partial charge in [0.25, 0.3) is 0 Å². The number of hydrogen-bond acceptors (Lipinski definition) is 1. The molecule has 0 rings (SSSR count). The van der Waals surface area contributed by atoms with E-state index in [1.165, 1.54) is 38.2 Å². The summed E-state index contributed by atoms with van der Waals surface area (Å²) >= 11 is 0. The first-order chi connectivity index (χ1) is 5.41. The van der Waals surface area contributed by atoms with E-state index in [4.69, 9.17) is 0 Å². The van der Waals surface area contributed by atoms with Crippen LogP contribution in [-0.4, -0.2) is 6.29 Å². The van der Waals surface area contributed by atoms with Crippen LogP contribution in [0.4, 0.5) is 0 Å². The first-order valence-corrected chi connectivity index (χ1v) is 4.44. The fraction of sp³-hybridized carbons (Fsp3) is 0.700. The van der Waals surface area contributed by atoms with E-state index in [2.05, 4.69) is 6.92 Å². The molecule has 0 unspecified atom stereocenters. The van der Waals surface area contributed by atoms with Crippen molar-refractivity contribution in [2.24, 2.45) is 0 Å². The molecule has 73 valence electrons. The first kappa shape index (κ1) is 19.7. The number of hydrogen-bond donors (Lipinski definition) is 0. The molecule has 0 spiro atoms. The van der Waals surface area contributed by atoms with Crippen LogP contribution in [0, 0.1) is 0 Å². The molecule has 1 radical (unpaired) electrons. The molecule has 0 aromatic rings. The van der Waals surface area contributed by atoms with Crippen molar-refractivity contribution in [1.82, 2.24) is 0 Å². The van der Waals surface area contributed by atoms with Crippen molar-refractivity contribution in [2.75, 3.05) is 0 Å². The fourth-order valence-corrected chi connectivity index (χ4v) is 0.997. The van der Waals surface area contributed by atoms with Gasteiger partial charge in [0, 0.05) is 53.8 Å². The first-order valence-electron chi connectivity index (χ1n) is 4.44. The second kappa shape index (κ2) is 18.9. The Kier molecular flexibility index (Phi) is 28.7. The summed E-state index contributed by atoms with van der Waals surface area (Å²) in [6, 6.07) is 0. The van der Waals surface area contributed by atoms with E-state index in [9.17, 15) is 4.79 Å². The van der Waals surface area contributed by atoms with Gasteiger partial charge in [0.05, 0.1) is 0 Å². The largest absolute Gasteiger partial charge is 0.419 e. The standard InChI is InChI=1S/C10H17O.W.Y/c1-2-3-4-5-6-7-8-9-10-11;;/h8-9H,2-7H2,1H3;;/q-1;;/b9-8+;;. The maximum Gasteiger partial charge on any atom is 0 e. The minimum atomic E-state index is 0. The van der Waals surface area contributed by atoms with Gasteiger partial charge in [-0.05, 0) is 6.29 Å². The third kappa shape index (κ3) is 19.6. The maximum absolute atomic E-state index is 9.73. The molecule has 0 aliphatic heterocycles. The molecule has 0 aliphatic rings. The number of carbonyl (C=O) groups excluding carboxylic acids is 1. The van der Waals surface area contributed by atoms with Crippen molar-refractivity contribution in [3.05, 3.63) is 12.2 Å². The molecule has 0 heterocycles. The second-order valence-corrected chi connectivity index (χ2v) is 2.72. The van der Waals surface area contributed by atoms with Gasteiger partial charge in [-0.15, -0.1) is 6.42 Å². The van der Waals surface area contributed by atoms with E-state index in [0.29, 0.717) is 0 Å². The molecule has 1 nitrogen and oxygen atoms in total. The average Bonchev–Trinajstić information content (AvgIpc) is 2.03. The summed E-state index contributed by atoms with van der Waals surface area (Å²) in [4.78, 5) is 9.73. The van der Waals surface area contributed by atoms with Gasteiger partial charge in [0.1, 0.15) is 0 Å². The van der Waals surface area contributed by atoms with Crippen LogP contribution >= 0.6 is 0 Å². The van der Waals surface area contributed by atoms with Crippen molar-refractivity contribution in [3.63, 3.8) is 0 Å². The average molecular weight is 426 g/mol. The summed E-state index contributed by atoms with van der Waals surface area (Å²) in [5.41, 5.74) is 0. The molecule has 0 aromatic carbocycles. The molecule has 3 heteroatoms. The molecule has 0 atom stereocenters. The van der Waals surface area contributed by atoms with Gasteiger partial charge >= 0.3 is 0 Å². The Morgan fingerprint density at radius 2 is 1.77 bits per heavy atom. The minimum absolute atomic E-state index is 0. The third-order valence-electron chi connectivity index (χ3n) is 1.66. The summed E-state index contributed by atoms with van der Waals surface area (Å²) < 4.78 is 0. The zero-order chi connectivity index (χ0) is 8.36. The molecule has 0 saturated carbocycles. The Balaban J connectivity index is -0.000000500. The third-order valence-corrected chi connectivity index (χ3v) is 1.66. The second-order valence-electron chi connectivity index (χ2n) is 2.72. The summed E-state index contributed by atoms with van der Waals surface area (Å²) in [5.74, 6) is 0. The Morgan fingerprint density at radius 1 is 1.15 bits per heavy atom. The van der Waals surface area contributed by atoms with E-state index in [0.717, 1.165) is 6.42 Å². The van der Waals surface area contributed by atoms with Gasteiger partial charge in [-0.3, -0.25) is 0 Å². The molecule has 0 fully saturated rings. The number of unbranched alkanes of at least 4 members (excludes halogenated alkanes) is 5. The SMILES string of the molecule is CCCCCCC/C=C/[C-]=O.[W].[Y]. The van der Waals surface area contributed by atoms with Gasteiger partial charge in [-0.1, -0.05) is 39.0 Å². The molecule has 0 amide bonds. The van der Waals surface area contributed by atoms with E-state index in [1.807, 2.05) is 6.08 Å². The molecular formula is C10H17OWY-. The summed E-state index contributed by atoms with van der Waals surface area (Å²) in [7, 11) is 0. The molecule has 0 aromatic heterocycles. The molecule has 0 saturated heterocycles. The van der Waals surface area contributed by atoms with Crippen LogP contribution in [0.25, 0.3) is 0 Å². The van der Waals surface area contributed by atoms with Crippen LogP contribution < -0.4 is 0 Å². The fourth-order valence-electron chi connectivity index (χ4n) is 0.997. The molecule has 13 heavy (non-hydrogen) atoms. The molecule has 0 aliphatic carbocycles. The van der Waals surface area contributed by atoms with Crippen LogP contribution in [-0.2, 0) is 58.6 Å². The number of rotatable bonds is 7. The van der Waals surface area contributed by atoms with Crippen LogP contribution in [0.15, 0.2) is 12.2 Å². The minimum Gasteiger partial charge on any atom is -0.419 e. The molecular weight excluding hydrogens is 409 g/mol. The summed E-state index contributed by atoms with van der Waals surface area (Å²) in [6.07, 6.45) is 12.6. The van der Waals surface area contributed by atoms with Gasteiger partial charge in [0.15, 0.2) is 0 Å². The summed E-state index contributed by atoms with van der Waals surface area (Å²) in [5, 5.41) is 0. The number of allylic oxidation sites excluding steroid dienone is 2. The zero-order valence-electron chi connectivity index (χ0n) is 8.29. The van der Waals surface area contributed by atoms with Crippen molar-refractivity contribution in [3.8, 4) is 0 Å². The van der Waals surface area contributed by atoms with Gasteiger partial charge in [-0.25, -0.2) is 6.08 Å². The van der Waals surface area contributed by atoms with Gasteiger partial charge in [0.2, 0.25) is 0 Å². The van der Waals surface area contributed by atoms with Crippen LogP contribution in [0.2, 0.25) is 0 Å². The van der Waals surface area contributed by atoms with E-state index in [1.54, 1.807) is 6.29 Å². The monoisotopic (exact) mass is 426 g/mol. The predicted octanol–water partition coefficient (Wildman–Crippen LogP) is 3.01. The zero-order valence-corrected chi connectivity index (χ0v) is 14.1. The van der Waals surface area contributed by atoms with E-state index < -0.39 is 0 Å². The molecule has 0 bridgehead atoms. The summed E-state index contributed by atoms with van der Waals surface area (Å²) in [6.45, 7) is 2.21. The quantitative estimate of drug-likeness (QED) is 0.348. The Bertz CT molecular complexity index is 115. The van der Waals surface area contributed by atoms with Crippen LogP contribution in [0.1, 0.15) is 45.4 Å².